The predicted octanol–water partition coefficient (Wildman–Crippen LogP) is 1.86. The molecule has 0 aromatic heterocycles. The van der Waals surface area contributed by atoms with E-state index in [1.54, 1.807) is 18.2 Å². The Morgan fingerprint density at radius 1 is 1.12 bits per heavy atom. The zero-order valence-electron chi connectivity index (χ0n) is 7.65. The molecule has 0 N–H and O–H groups in total. The first-order valence-corrected chi connectivity index (χ1v) is 5.29. The van der Waals surface area contributed by atoms with Gasteiger partial charge in [-0.05, 0) is 18.1 Å². The summed E-state index contributed by atoms with van der Waals surface area (Å²) < 4.78 is 59.6. The van der Waals surface area contributed by atoms with Gasteiger partial charge in [-0.2, -0.15) is 21.6 Å². The molecule has 0 atom stereocenters. The van der Waals surface area contributed by atoms with Crippen LogP contribution < -0.4 is 0 Å². The van der Waals surface area contributed by atoms with Gasteiger partial charge in [0.15, 0.2) is 0 Å². The van der Waals surface area contributed by atoms with Crippen LogP contribution >= 0.6 is 0 Å². The number of benzene rings is 1. The number of halogens is 3. The summed E-state index contributed by atoms with van der Waals surface area (Å²) in [6, 6.07) is 7.87. The highest BCUT2D eigenvalue weighted by Crippen LogP contribution is 2.23. The van der Waals surface area contributed by atoms with Crippen LogP contribution in [0.2, 0.25) is 0 Å². The van der Waals surface area contributed by atoms with Crippen LogP contribution in [0.3, 0.4) is 0 Å². The van der Waals surface area contributed by atoms with Crippen LogP contribution in [-0.4, -0.2) is 13.9 Å². The van der Waals surface area contributed by atoms with E-state index in [0.29, 0.717) is 5.56 Å². The van der Waals surface area contributed by atoms with Gasteiger partial charge in [-0.15, -0.1) is 0 Å². The first-order valence-electron chi connectivity index (χ1n) is 3.89. The molecule has 0 spiro atoms. The van der Waals surface area contributed by atoms with Crippen molar-refractivity contribution in [3.05, 3.63) is 35.9 Å². The van der Waals surface area contributed by atoms with Gasteiger partial charge in [0, 0.05) is 5.56 Å². The highest BCUT2D eigenvalue weighted by Gasteiger charge is 2.48. The van der Waals surface area contributed by atoms with Crippen molar-refractivity contribution in [2.45, 2.75) is 5.51 Å². The number of rotatable bonds is 1. The summed E-state index contributed by atoms with van der Waals surface area (Å²) in [5, 5.41) is 0. The lowest BCUT2D eigenvalue weighted by Gasteiger charge is -2.02. The molecule has 0 saturated heterocycles. The van der Waals surface area contributed by atoms with E-state index < -0.39 is 15.6 Å². The summed E-state index contributed by atoms with van der Waals surface area (Å²) in [7, 11) is -5.64. The minimum Gasteiger partial charge on any atom is -0.321 e. The van der Waals surface area contributed by atoms with Crippen LogP contribution in [0.15, 0.2) is 30.3 Å². The molecule has 1 aromatic carbocycles. The minimum atomic E-state index is -5.64. The molecule has 0 bridgehead atoms. The van der Waals surface area contributed by atoms with Crippen molar-refractivity contribution in [2.75, 3.05) is 0 Å². The third kappa shape index (κ3) is 3.17. The smallest absolute Gasteiger partial charge is 0.321 e. The molecular weight excluding hydrogens is 245 g/mol. The van der Waals surface area contributed by atoms with Crippen LogP contribution in [0.1, 0.15) is 5.56 Å². The van der Waals surface area contributed by atoms with Gasteiger partial charge >= 0.3 is 15.6 Å². The van der Waals surface area contributed by atoms with E-state index in [9.17, 15) is 21.6 Å². The fraction of sp³-hybridized carbons (Fsp3) is 0.111. The molecule has 0 saturated carbocycles. The summed E-state index contributed by atoms with van der Waals surface area (Å²) in [4.78, 5) is 0. The van der Waals surface area contributed by atoms with E-state index in [1.165, 1.54) is 18.2 Å². The van der Waals surface area contributed by atoms with Crippen molar-refractivity contribution < 1.29 is 25.8 Å². The molecule has 86 valence electrons. The molecule has 1 rings (SSSR count). The largest absolute Gasteiger partial charge is 0.535 e. The monoisotopic (exact) mass is 250 g/mol. The van der Waals surface area contributed by atoms with Gasteiger partial charge in [0.1, 0.15) is 6.11 Å². The molecule has 0 fully saturated rings. The van der Waals surface area contributed by atoms with Crippen molar-refractivity contribution in [1.82, 2.24) is 0 Å². The number of hydrogen-bond acceptors (Lipinski definition) is 3. The summed E-state index contributed by atoms with van der Waals surface area (Å²) in [5.41, 5.74) is -5.11. The van der Waals surface area contributed by atoms with Gasteiger partial charge in [0.05, 0.1) is 0 Å². The van der Waals surface area contributed by atoms with E-state index in [-0.39, 0.29) is 0 Å². The minimum absolute atomic E-state index is 0.347. The Kier molecular flexibility index (Phi) is 3.44. The average molecular weight is 250 g/mol. The van der Waals surface area contributed by atoms with Crippen LogP contribution in [-0.2, 0) is 14.3 Å². The number of hydrogen-bond donors (Lipinski definition) is 0. The summed E-state index contributed by atoms with van der Waals surface area (Å²) in [6.07, 6.45) is 1.49. The van der Waals surface area contributed by atoms with Crippen LogP contribution in [0, 0.1) is 12.0 Å². The molecule has 0 amide bonds. The van der Waals surface area contributed by atoms with Crippen molar-refractivity contribution in [1.29, 1.82) is 0 Å². The maximum absolute atomic E-state index is 11.8. The van der Waals surface area contributed by atoms with Crippen molar-refractivity contribution >= 4 is 10.1 Å². The van der Waals surface area contributed by atoms with Gasteiger partial charge in [-0.3, -0.25) is 0 Å². The van der Waals surface area contributed by atoms with Crippen molar-refractivity contribution in [3.8, 4) is 12.0 Å². The second kappa shape index (κ2) is 4.45. The lowest BCUT2D eigenvalue weighted by Crippen LogP contribution is -2.23. The molecular formula is C9H5F3O3S. The van der Waals surface area contributed by atoms with E-state index in [0.717, 1.165) is 0 Å². The van der Waals surface area contributed by atoms with Crippen LogP contribution in [0.25, 0.3) is 0 Å². The molecule has 0 unspecified atom stereocenters. The molecule has 0 aliphatic carbocycles. The van der Waals surface area contributed by atoms with Crippen molar-refractivity contribution in [2.24, 2.45) is 0 Å². The number of alkyl halides is 3. The normalized spacial score (nSPS) is 11.4. The average Bonchev–Trinajstić information content (AvgIpc) is 2.17. The lowest BCUT2D eigenvalue weighted by atomic mass is 10.2. The second-order valence-corrected chi connectivity index (χ2v) is 4.11. The molecule has 0 heterocycles. The van der Waals surface area contributed by atoms with Crippen molar-refractivity contribution in [3.63, 3.8) is 0 Å². The maximum Gasteiger partial charge on any atom is 0.535 e. The molecule has 3 nitrogen and oxygen atoms in total. The standard InChI is InChI=1S/C9H5F3O3S/c10-9(11,12)16(13,14)15-7-6-8-4-2-1-3-5-8/h1-5H. The Balaban J connectivity index is 2.78. The molecule has 0 aliphatic rings. The van der Waals surface area contributed by atoms with Gasteiger partial charge in [-0.1, -0.05) is 18.2 Å². The summed E-state index contributed by atoms with van der Waals surface area (Å²) in [5.74, 6) is 2.12. The predicted molar refractivity (Wildman–Crippen MR) is 49.4 cm³/mol. The Morgan fingerprint density at radius 2 is 1.69 bits per heavy atom. The third-order valence-electron chi connectivity index (χ3n) is 1.40. The third-order valence-corrected chi connectivity index (χ3v) is 2.27. The summed E-state index contributed by atoms with van der Waals surface area (Å²) >= 11 is 0. The Bertz CT molecular complexity index is 508. The highest BCUT2D eigenvalue weighted by molar-refractivity contribution is 7.87. The van der Waals surface area contributed by atoms with Gasteiger partial charge in [-0.25, -0.2) is 0 Å². The molecule has 0 radical (unpaired) electrons. The van der Waals surface area contributed by atoms with E-state index in [1.807, 2.05) is 0 Å². The van der Waals surface area contributed by atoms with Crippen LogP contribution in [0.5, 0.6) is 0 Å². The highest BCUT2D eigenvalue weighted by atomic mass is 32.2. The molecule has 16 heavy (non-hydrogen) atoms. The van der Waals surface area contributed by atoms with E-state index in [4.69, 9.17) is 0 Å². The molecule has 7 heteroatoms. The van der Waals surface area contributed by atoms with Gasteiger partial charge in [0.2, 0.25) is 0 Å². The SMILES string of the molecule is O=S(=O)(OC#Cc1ccccc1)C(F)(F)F. The zero-order valence-corrected chi connectivity index (χ0v) is 8.47. The Labute approximate surface area is 90.0 Å². The van der Waals surface area contributed by atoms with Crippen LogP contribution in [0.4, 0.5) is 13.2 Å². The Morgan fingerprint density at radius 3 is 2.19 bits per heavy atom. The zero-order chi connectivity index (χ0) is 12.2. The van der Waals surface area contributed by atoms with Gasteiger partial charge in [0.25, 0.3) is 0 Å². The fourth-order valence-corrected chi connectivity index (χ4v) is 0.949. The maximum atomic E-state index is 11.8. The van der Waals surface area contributed by atoms with Gasteiger partial charge < -0.3 is 4.18 Å². The molecule has 1 aromatic rings. The second-order valence-electron chi connectivity index (χ2n) is 2.58. The Hall–Kier alpha value is -1.68. The van der Waals surface area contributed by atoms with E-state index in [2.05, 4.69) is 10.1 Å². The lowest BCUT2D eigenvalue weighted by molar-refractivity contribution is -0.0509. The topological polar surface area (TPSA) is 43.4 Å². The summed E-state index contributed by atoms with van der Waals surface area (Å²) in [6.45, 7) is 0. The quantitative estimate of drug-likeness (QED) is 0.434. The fourth-order valence-electron chi connectivity index (χ4n) is 0.703. The van der Waals surface area contributed by atoms with E-state index >= 15 is 0 Å². The first-order chi connectivity index (χ1) is 7.33. The first kappa shape index (κ1) is 12.4. The molecule has 0 aliphatic heterocycles.